The normalized spacial score (nSPS) is 67.5. The Morgan fingerprint density at radius 1 is 1.36 bits per heavy atom. The summed E-state index contributed by atoms with van der Waals surface area (Å²) in [7, 11) is 0.0726. The van der Waals surface area contributed by atoms with E-state index < -0.39 is 0 Å². The van der Waals surface area contributed by atoms with Crippen LogP contribution < -0.4 is 0 Å². The van der Waals surface area contributed by atoms with Gasteiger partial charge < -0.3 is 9.31 Å². The van der Waals surface area contributed by atoms with Gasteiger partial charge in [0.05, 0.1) is 11.2 Å². The predicted molar refractivity (Wildman–Crippen MR) is 53.9 cm³/mol. The predicted octanol–water partition coefficient (Wildman–Crippen LogP) is 2.10. The molecule has 76 valence electrons. The first-order valence-electron chi connectivity index (χ1n) is 5.94. The van der Waals surface area contributed by atoms with E-state index in [1.165, 1.54) is 12.8 Å². The molecule has 3 heteroatoms. The molecule has 2 nitrogen and oxygen atoms in total. The topological polar surface area (TPSA) is 18.5 Å². The van der Waals surface area contributed by atoms with Gasteiger partial charge in [0, 0.05) is 5.41 Å². The summed E-state index contributed by atoms with van der Waals surface area (Å²) >= 11 is 0. The summed E-state index contributed by atoms with van der Waals surface area (Å²) < 4.78 is 12.3. The Bertz CT molecular complexity index is 333. The van der Waals surface area contributed by atoms with Crippen molar-refractivity contribution in [2.24, 2.45) is 17.3 Å². The first kappa shape index (κ1) is 8.17. The zero-order chi connectivity index (χ0) is 9.77. The lowest BCUT2D eigenvalue weighted by Gasteiger charge is -2.87. The molecule has 14 heavy (non-hydrogen) atoms. The van der Waals surface area contributed by atoms with Gasteiger partial charge in [-0.3, -0.25) is 0 Å². The molecule has 3 aliphatic carbocycles. The molecule has 3 saturated carbocycles. The summed E-state index contributed by atoms with van der Waals surface area (Å²) in [5.41, 5.74) is 0.678. The van der Waals surface area contributed by atoms with Gasteiger partial charge in [0.15, 0.2) is 0 Å². The van der Waals surface area contributed by atoms with Crippen LogP contribution in [0.25, 0.3) is 0 Å². The molecule has 0 amide bonds. The summed E-state index contributed by atoms with van der Waals surface area (Å²) in [5, 5.41) is 0. The van der Waals surface area contributed by atoms with Crippen molar-refractivity contribution in [3.05, 3.63) is 0 Å². The van der Waals surface area contributed by atoms with Crippen LogP contribution in [0.15, 0.2) is 0 Å². The van der Waals surface area contributed by atoms with Crippen LogP contribution in [-0.2, 0) is 9.31 Å². The highest BCUT2D eigenvalue weighted by Crippen LogP contribution is 2.87. The molecule has 0 aromatic heterocycles. The minimum Gasteiger partial charge on any atom is -0.403 e. The molecule has 0 radical (unpaired) electrons. The summed E-state index contributed by atoms with van der Waals surface area (Å²) in [6.07, 6.45) is 3.63. The van der Waals surface area contributed by atoms with Crippen molar-refractivity contribution in [1.29, 1.82) is 0 Å². The molecule has 4 rings (SSSR count). The Hall–Kier alpha value is -0.0151. The second-order valence-electron chi connectivity index (χ2n) is 5.98. The fourth-order valence-electron chi connectivity index (χ4n) is 5.14. The van der Waals surface area contributed by atoms with Crippen LogP contribution in [0, 0.1) is 17.3 Å². The van der Waals surface area contributed by atoms with Crippen molar-refractivity contribution in [1.82, 2.24) is 0 Å². The molecule has 4 aliphatic rings. The maximum Gasteiger partial charge on any atom is 0.457 e. The largest absolute Gasteiger partial charge is 0.457 e. The van der Waals surface area contributed by atoms with Crippen molar-refractivity contribution < 1.29 is 9.31 Å². The average Bonchev–Trinajstić information content (AvgIpc) is 2.49. The monoisotopic (exact) mass is 192 g/mol. The van der Waals surface area contributed by atoms with E-state index in [-0.39, 0.29) is 18.3 Å². The number of rotatable bonds is 1. The molecule has 1 saturated heterocycles. The third-order valence-electron chi connectivity index (χ3n) is 6.01. The van der Waals surface area contributed by atoms with Gasteiger partial charge in [-0.2, -0.15) is 0 Å². The maximum atomic E-state index is 6.18. The molecule has 4 fully saturated rings. The van der Waals surface area contributed by atoms with E-state index in [2.05, 4.69) is 20.8 Å². The smallest absolute Gasteiger partial charge is 0.403 e. The van der Waals surface area contributed by atoms with E-state index in [1.54, 1.807) is 0 Å². The summed E-state index contributed by atoms with van der Waals surface area (Å²) in [6, 6.07) is 0. The van der Waals surface area contributed by atoms with E-state index in [1.807, 2.05) is 0 Å². The minimum absolute atomic E-state index is 0.0666. The third kappa shape index (κ3) is 0.445. The van der Waals surface area contributed by atoms with Gasteiger partial charge in [0.1, 0.15) is 0 Å². The van der Waals surface area contributed by atoms with Gasteiger partial charge in [0.2, 0.25) is 0 Å². The average molecular weight is 192 g/mol. The highest BCUT2D eigenvalue weighted by Gasteiger charge is 2.93. The molecule has 4 unspecified atom stereocenters. The molecule has 1 spiro atoms. The van der Waals surface area contributed by atoms with Gasteiger partial charge >= 0.3 is 7.12 Å². The Labute approximate surface area is 85.5 Å². The number of hydrogen-bond acceptors (Lipinski definition) is 2. The van der Waals surface area contributed by atoms with Gasteiger partial charge in [-0.05, 0) is 37.9 Å². The zero-order valence-electron chi connectivity index (χ0n) is 9.17. The van der Waals surface area contributed by atoms with Crippen molar-refractivity contribution in [2.45, 2.75) is 51.1 Å². The van der Waals surface area contributed by atoms with Crippen molar-refractivity contribution in [3.63, 3.8) is 0 Å². The van der Waals surface area contributed by atoms with Crippen LogP contribution in [-0.4, -0.2) is 18.3 Å². The molecule has 0 aromatic rings. The lowest BCUT2D eigenvalue weighted by atomic mass is 9.21. The molecule has 0 aromatic carbocycles. The molecule has 1 heterocycles. The second-order valence-corrected chi connectivity index (χ2v) is 5.98. The molecule has 1 aliphatic heterocycles. The van der Waals surface area contributed by atoms with Crippen LogP contribution in [0.2, 0.25) is 6.32 Å². The summed E-state index contributed by atoms with van der Waals surface area (Å²) in [5.74, 6) is 1.73. The molecule has 0 bridgehead atoms. The van der Waals surface area contributed by atoms with Crippen molar-refractivity contribution in [3.8, 4) is 0 Å². The molecular formula is C11H17BO2. The fraction of sp³-hybridized carbons (Fsp3) is 1.00. The standard InChI is InChI=1S/C11H17BO2/c1-4-12-13-10(3)8-5-7-6-11(10,14-12)9(7,8)2/h7-8H,4-6H2,1-3H3/t7?,8?,9?,10-,11?/m0/s1. The second kappa shape index (κ2) is 1.82. The highest BCUT2D eigenvalue weighted by molar-refractivity contribution is 6.45. The first-order valence-corrected chi connectivity index (χ1v) is 5.94. The Kier molecular flexibility index (Phi) is 1.06. The summed E-state index contributed by atoms with van der Waals surface area (Å²) in [6.45, 7) is 6.85. The van der Waals surface area contributed by atoms with Crippen molar-refractivity contribution >= 4 is 7.12 Å². The summed E-state index contributed by atoms with van der Waals surface area (Å²) in [4.78, 5) is 0. The van der Waals surface area contributed by atoms with Gasteiger partial charge in [-0.1, -0.05) is 13.8 Å². The quantitative estimate of drug-likeness (QED) is 0.592. The van der Waals surface area contributed by atoms with Crippen LogP contribution in [0.3, 0.4) is 0 Å². The zero-order valence-corrected chi connectivity index (χ0v) is 9.17. The van der Waals surface area contributed by atoms with E-state index in [4.69, 9.17) is 9.31 Å². The Balaban J connectivity index is 1.78. The minimum atomic E-state index is 0.0666. The first-order chi connectivity index (χ1) is 6.58. The number of hydrogen-bond donors (Lipinski definition) is 0. The molecular weight excluding hydrogens is 175 g/mol. The fourth-order valence-corrected chi connectivity index (χ4v) is 5.14. The lowest BCUT2D eigenvalue weighted by molar-refractivity contribution is -0.429. The molecule has 5 atom stereocenters. The van der Waals surface area contributed by atoms with Crippen LogP contribution in [0.4, 0.5) is 0 Å². The Morgan fingerprint density at radius 3 is 2.64 bits per heavy atom. The molecule has 0 N–H and O–H groups in total. The van der Waals surface area contributed by atoms with Crippen LogP contribution in [0.5, 0.6) is 0 Å². The van der Waals surface area contributed by atoms with E-state index in [0.717, 1.165) is 18.2 Å². The van der Waals surface area contributed by atoms with Gasteiger partial charge in [0.25, 0.3) is 0 Å². The maximum absolute atomic E-state index is 6.18. The van der Waals surface area contributed by atoms with Crippen molar-refractivity contribution in [2.75, 3.05) is 0 Å². The van der Waals surface area contributed by atoms with E-state index in [9.17, 15) is 0 Å². The third-order valence-corrected chi connectivity index (χ3v) is 6.01. The van der Waals surface area contributed by atoms with Crippen LogP contribution >= 0.6 is 0 Å². The number of fused-ring (bicyclic) bond motifs is 1. The van der Waals surface area contributed by atoms with Gasteiger partial charge in [-0.15, -0.1) is 0 Å². The van der Waals surface area contributed by atoms with E-state index in [0.29, 0.717) is 5.41 Å². The Morgan fingerprint density at radius 2 is 2.14 bits per heavy atom. The van der Waals surface area contributed by atoms with E-state index >= 15 is 0 Å². The highest BCUT2D eigenvalue weighted by atomic mass is 16.7. The van der Waals surface area contributed by atoms with Gasteiger partial charge in [-0.25, -0.2) is 0 Å². The van der Waals surface area contributed by atoms with Crippen LogP contribution in [0.1, 0.15) is 33.6 Å². The SMILES string of the molecule is CCB1OC23CC4CC(C42C)[C@]3(C)O1. The lowest BCUT2D eigenvalue weighted by Crippen LogP contribution is -2.92.